The Morgan fingerprint density at radius 2 is 2.10 bits per heavy atom. The molecule has 0 amide bonds. The number of piperidine rings is 1. The van der Waals surface area contributed by atoms with Crippen LogP contribution < -0.4 is 16.3 Å². The number of anilines is 1. The first-order valence-corrected chi connectivity index (χ1v) is 7.16. The molecular weight excluding hydrogens is 256 g/mol. The van der Waals surface area contributed by atoms with E-state index in [9.17, 15) is 4.79 Å². The number of aromatic nitrogens is 4. The van der Waals surface area contributed by atoms with E-state index < -0.39 is 0 Å². The van der Waals surface area contributed by atoms with Crippen molar-refractivity contribution in [3.8, 4) is 0 Å². The Bertz CT molecular complexity index is 692. The smallest absolute Gasteiger partial charge is 0.349 e. The molecule has 2 saturated heterocycles. The lowest BCUT2D eigenvalue weighted by Crippen LogP contribution is -2.43. The molecular formula is C13H18N6O. The van der Waals surface area contributed by atoms with Crippen LogP contribution in [0.2, 0.25) is 0 Å². The lowest BCUT2D eigenvalue weighted by Gasteiger charge is -2.30. The van der Waals surface area contributed by atoms with Crippen molar-refractivity contribution in [1.29, 1.82) is 0 Å². The van der Waals surface area contributed by atoms with Gasteiger partial charge < -0.3 is 10.6 Å². The zero-order valence-corrected chi connectivity index (χ0v) is 11.4. The fraction of sp³-hybridized carbons (Fsp3) is 0.615. The van der Waals surface area contributed by atoms with Gasteiger partial charge in [-0.2, -0.15) is 5.10 Å². The molecule has 0 aliphatic carbocycles. The molecule has 2 fully saturated rings. The Morgan fingerprint density at radius 3 is 2.85 bits per heavy atom. The Labute approximate surface area is 115 Å². The predicted octanol–water partition coefficient (Wildman–Crippen LogP) is 0.421. The summed E-state index contributed by atoms with van der Waals surface area (Å²) in [6, 6.07) is 3.57. The van der Waals surface area contributed by atoms with E-state index in [1.165, 1.54) is 17.2 Å². The highest BCUT2D eigenvalue weighted by molar-refractivity contribution is 5.50. The lowest BCUT2D eigenvalue weighted by atomic mass is 10.00. The second-order valence-electron chi connectivity index (χ2n) is 5.86. The van der Waals surface area contributed by atoms with Crippen LogP contribution in [0.3, 0.4) is 0 Å². The minimum absolute atomic E-state index is 0.239. The predicted molar refractivity (Wildman–Crippen MR) is 74.9 cm³/mol. The Hall–Kier alpha value is -1.89. The van der Waals surface area contributed by atoms with Gasteiger partial charge in [-0.25, -0.2) is 19.3 Å². The maximum absolute atomic E-state index is 11.6. The van der Waals surface area contributed by atoms with Crippen molar-refractivity contribution in [3.05, 3.63) is 22.4 Å². The number of rotatable bonds is 2. The minimum Gasteiger partial charge on any atom is -0.367 e. The van der Waals surface area contributed by atoms with Gasteiger partial charge in [-0.05, 0) is 32.6 Å². The molecule has 7 nitrogen and oxygen atoms in total. The van der Waals surface area contributed by atoms with Crippen molar-refractivity contribution in [2.24, 2.45) is 0 Å². The normalized spacial score (nSPS) is 28.9. The molecule has 3 N–H and O–H groups in total. The van der Waals surface area contributed by atoms with Gasteiger partial charge in [0.2, 0.25) is 0 Å². The van der Waals surface area contributed by atoms with E-state index in [1.54, 1.807) is 0 Å². The highest BCUT2D eigenvalue weighted by Crippen LogP contribution is 2.28. The molecule has 4 heterocycles. The molecule has 0 radical (unpaired) electrons. The molecule has 0 saturated carbocycles. The molecule has 2 aromatic heterocycles. The van der Waals surface area contributed by atoms with Crippen molar-refractivity contribution in [1.82, 2.24) is 24.9 Å². The third kappa shape index (κ3) is 1.89. The molecule has 106 valence electrons. The average molecular weight is 274 g/mol. The number of aryl methyl sites for hydroxylation is 1. The summed E-state index contributed by atoms with van der Waals surface area (Å²) >= 11 is 0. The van der Waals surface area contributed by atoms with Crippen molar-refractivity contribution in [2.45, 2.75) is 50.7 Å². The molecule has 4 rings (SSSR count). The SMILES string of the molecule is Cc1nc(NC2CC3CCC(C2)N3)cc2n[nH]c(=O)n12. The minimum atomic E-state index is -0.239. The number of nitrogens with one attached hydrogen (secondary N) is 3. The van der Waals surface area contributed by atoms with Gasteiger partial charge in [-0.15, -0.1) is 0 Å². The molecule has 2 bridgehead atoms. The zero-order valence-electron chi connectivity index (χ0n) is 11.4. The largest absolute Gasteiger partial charge is 0.367 e. The van der Waals surface area contributed by atoms with Gasteiger partial charge in [0, 0.05) is 24.2 Å². The van der Waals surface area contributed by atoms with Gasteiger partial charge in [-0.1, -0.05) is 0 Å². The third-order valence-electron chi connectivity index (χ3n) is 4.40. The molecule has 20 heavy (non-hydrogen) atoms. The van der Waals surface area contributed by atoms with E-state index in [-0.39, 0.29) is 5.69 Å². The second-order valence-corrected chi connectivity index (χ2v) is 5.86. The van der Waals surface area contributed by atoms with Crippen LogP contribution in [-0.2, 0) is 0 Å². The number of hydrogen-bond donors (Lipinski definition) is 3. The number of aromatic amines is 1. The summed E-state index contributed by atoms with van der Waals surface area (Å²) in [6.07, 6.45) is 4.83. The molecule has 2 aliphatic rings. The first kappa shape index (κ1) is 11.9. The first-order valence-electron chi connectivity index (χ1n) is 7.16. The molecule has 2 aliphatic heterocycles. The van der Waals surface area contributed by atoms with Crippen LogP contribution >= 0.6 is 0 Å². The fourth-order valence-electron chi connectivity index (χ4n) is 3.56. The van der Waals surface area contributed by atoms with E-state index in [0.717, 1.165) is 18.7 Å². The van der Waals surface area contributed by atoms with Gasteiger partial charge in [0.15, 0.2) is 5.65 Å². The summed E-state index contributed by atoms with van der Waals surface area (Å²) in [4.78, 5) is 16.0. The lowest BCUT2D eigenvalue weighted by molar-refractivity contribution is 0.377. The number of fused-ring (bicyclic) bond motifs is 3. The van der Waals surface area contributed by atoms with E-state index in [1.807, 2.05) is 13.0 Å². The molecule has 2 aromatic rings. The standard InChI is InChI=1S/C13H18N6O/c1-7-14-11(6-12-17-18-13(20)19(7)12)16-10-4-8-2-3-9(5-10)15-8/h6,8-10,15-16H,2-5H2,1H3,(H,18,20). The van der Waals surface area contributed by atoms with E-state index in [4.69, 9.17) is 0 Å². The molecule has 2 atom stereocenters. The van der Waals surface area contributed by atoms with E-state index in [2.05, 4.69) is 25.8 Å². The van der Waals surface area contributed by atoms with Crippen LogP contribution in [0.1, 0.15) is 31.5 Å². The van der Waals surface area contributed by atoms with Crippen LogP contribution in [0.25, 0.3) is 5.65 Å². The summed E-state index contributed by atoms with van der Waals surface area (Å²) in [5.74, 6) is 1.46. The quantitative estimate of drug-likeness (QED) is 0.739. The van der Waals surface area contributed by atoms with E-state index >= 15 is 0 Å². The number of hydrogen-bond acceptors (Lipinski definition) is 5. The van der Waals surface area contributed by atoms with Gasteiger partial charge in [-0.3, -0.25) is 0 Å². The van der Waals surface area contributed by atoms with Crippen LogP contribution in [0.15, 0.2) is 10.9 Å². The molecule has 7 heteroatoms. The summed E-state index contributed by atoms with van der Waals surface area (Å²) in [7, 11) is 0. The zero-order chi connectivity index (χ0) is 13.7. The van der Waals surface area contributed by atoms with Crippen LogP contribution in [0.5, 0.6) is 0 Å². The van der Waals surface area contributed by atoms with Gasteiger partial charge in [0.05, 0.1) is 0 Å². The number of nitrogens with zero attached hydrogens (tertiary/aromatic N) is 3. The fourth-order valence-corrected chi connectivity index (χ4v) is 3.56. The molecule has 2 unspecified atom stereocenters. The monoisotopic (exact) mass is 274 g/mol. The first-order chi connectivity index (χ1) is 9.69. The summed E-state index contributed by atoms with van der Waals surface area (Å²) in [5.41, 5.74) is 0.373. The topological polar surface area (TPSA) is 87.1 Å². The Kier molecular flexibility index (Phi) is 2.56. The highest BCUT2D eigenvalue weighted by atomic mass is 16.1. The van der Waals surface area contributed by atoms with Crippen molar-refractivity contribution in [2.75, 3.05) is 5.32 Å². The molecule has 0 spiro atoms. The summed E-state index contributed by atoms with van der Waals surface area (Å²) in [5, 5.41) is 13.6. The van der Waals surface area contributed by atoms with Gasteiger partial charge in [0.25, 0.3) is 0 Å². The number of H-pyrrole nitrogens is 1. The van der Waals surface area contributed by atoms with Gasteiger partial charge in [0.1, 0.15) is 11.6 Å². The van der Waals surface area contributed by atoms with Crippen LogP contribution in [0, 0.1) is 6.92 Å². The van der Waals surface area contributed by atoms with Crippen molar-refractivity contribution in [3.63, 3.8) is 0 Å². The Morgan fingerprint density at radius 1 is 1.35 bits per heavy atom. The Balaban J connectivity index is 1.61. The maximum atomic E-state index is 11.6. The van der Waals surface area contributed by atoms with Gasteiger partial charge >= 0.3 is 5.69 Å². The van der Waals surface area contributed by atoms with Crippen LogP contribution in [-0.4, -0.2) is 37.7 Å². The van der Waals surface area contributed by atoms with E-state index in [0.29, 0.717) is 29.6 Å². The van der Waals surface area contributed by atoms with Crippen LogP contribution in [0.4, 0.5) is 5.82 Å². The second kappa shape index (κ2) is 4.31. The third-order valence-corrected chi connectivity index (χ3v) is 4.40. The summed E-state index contributed by atoms with van der Waals surface area (Å²) in [6.45, 7) is 1.82. The van der Waals surface area contributed by atoms with Crippen molar-refractivity contribution < 1.29 is 0 Å². The summed E-state index contributed by atoms with van der Waals surface area (Å²) < 4.78 is 1.48. The van der Waals surface area contributed by atoms with Crippen molar-refractivity contribution >= 4 is 11.5 Å². The highest BCUT2D eigenvalue weighted by Gasteiger charge is 2.33. The maximum Gasteiger partial charge on any atom is 0.349 e. The molecule has 0 aromatic carbocycles. The average Bonchev–Trinajstić information content (AvgIpc) is 2.93.